The van der Waals surface area contributed by atoms with E-state index in [0.717, 1.165) is 17.7 Å². The number of benzene rings is 2. The third kappa shape index (κ3) is 4.60. The molecule has 0 radical (unpaired) electrons. The van der Waals surface area contributed by atoms with Gasteiger partial charge in [-0.25, -0.2) is 0 Å². The topological polar surface area (TPSA) is 70.1 Å². The molecule has 1 unspecified atom stereocenters. The van der Waals surface area contributed by atoms with Crippen molar-refractivity contribution >= 4 is 29.1 Å². The van der Waals surface area contributed by atoms with Crippen molar-refractivity contribution in [3.05, 3.63) is 69.8 Å². The number of hydrogen-bond donors (Lipinski definition) is 1. The first-order valence-corrected chi connectivity index (χ1v) is 10.5. The van der Waals surface area contributed by atoms with Gasteiger partial charge in [0.2, 0.25) is 0 Å². The molecule has 1 aliphatic rings. The maximum atomic E-state index is 13.1. The number of carbonyl (C=O) groups excluding carboxylic acids is 2. The first kappa shape index (κ1) is 22.8. The zero-order valence-electron chi connectivity index (χ0n) is 18.2. The van der Waals surface area contributed by atoms with Crippen LogP contribution in [0.2, 0.25) is 5.02 Å². The van der Waals surface area contributed by atoms with E-state index < -0.39 is 17.7 Å². The molecule has 6 nitrogen and oxygen atoms in total. The SMILES string of the molecule is COc1ccc(Cl)c(/C(O)=C2\C(=O)C(=O)N(CCCN(C)C)C2c2ccccc2C)c1. The molecule has 31 heavy (non-hydrogen) atoms. The minimum Gasteiger partial charge on any atom is -0.507 e. The molecule has 0 bridgehead atoms. The van der Waals surface area contributed by atoms with Gasteiger partial charge in [0.25, 0.3) is 11.7 Å². The summed E-state index contributed by atoms with van der Waals surface area (Å²) >= 11 is 6.33. The number of likely N-dealkylation sites (tertiary alicyclic amines) is 1. The van der Waals surface area contributed by atoms with Gasteiger partial charge in [-0.05, 0) is 63.3 Å². The van der Waals surface area contributed by atoms with Gasteiger partial charge in [-0.1, -0.05) is 35.9 Å². The predicted molar refractivity (Wildman–Crippen MR) is 121 cm³/mol. The number of Topliss-reactive ketones (excluding diaryl/α,β-unsaturated/α-hetero) is 1. The molecule has 0 saturated carbocycles. The van der Waals surface area contributed by atoms with Crippen LogP contribution in [-0.2, 0) is 9.59 Å². The van der Waals surface area contributed by atoms with Crippen molar-refractivity contribution in [2.24, 2.45) is 0 Å². The Labute approximate surface area is 187 Å². The Morgan fingerprint density at radius 2 is 1.90 bits per heavy atom. The highest BCUT2D eigenvalue weighted by Crippen LogP contribution is 2.42. The van der Waals surface area contributed by atoms with E-state index in [2.05, 4.69) is 0 Å². The Morgan fingerprint density at radius 1 is 1.19 bits per heavy atom. The maximum Gasteiger partial charge on any atom is 0.295 e. The van der Waals surface area contributed by atoms with E-state index in [4.69, 9.17) is 16.3 Å². The van der Waals surface area contributed by atoms with Crippen LogP contribution >= 0.6 is 11.6 Å². The number of hydrogen-bond acceptors (Lipinski definition) is 5. The van der Waals surface area contributed by atoms with Crippen molar-refractivity contribution in [2.45, 2.75) is 19.4 Å². The lowest BCUT2D eigenvalue weighted by atomic mass is 9.92. The maximum absolute atomic E-state index is 13.1. The highest BCUT2D eigenvalue weighted by atomic mass is 35.5. The number of ether oxygens (including phenoxy) is 1. The van der Waals surface area contributed by atoms with Gasteiger partial charge in [0.1, 0.15) is 11.5 Å². The monoisotopic (exact) mass is 442 g/mol. The zero-order chi connectivity index (χ0) is 22.7. The summed E-state index contributed by atoms with van der Waals surface area (Å²) in [6.45, 7) is 3.09. The van der Waals surface area contributed by atoms with Crippen LogP contribution in [0.15, 0.2) is 48.0 Å². The summed E-state index contributed by atoms with van der Waals surface area (Å²) in [5.41, 5.74) is 2.02. The molecule has 0 aromatic heterocycles. The summed E-state index contributed by atoms with van der Waals surface area (Å²) in [6, 6.07) is 11.7. The number of aliphatic hydroxyl groups is 1. The first-order chi connectivity index (χ1) is 14.8. The lowest BCUT2D eigenvalue weighted by Crippen LogP contribution is -2.32. The molecule has 1 heterocycles. The van der Waals surface area contributed by atoms with Gasteiger partial charge in [0.05, 0.1) is 23.7 Å². The molecule has 3 rings (SSSR count). The quantitative estimate of drug-likeness (QED) is 0.398. The number of nitrogens with zero attached hydrogens (tertiary/aromatic N) is 2. The Kier molecular flexibility index (Phi) is 7.03. The Hall–Kier alpha value is -2.83. The minimum atomic E-state index is -0.713. The predicted octanol–water partition coefficient (Wildman–Crippen LogP) is 4.03. The highest BCUT2D eigenvalue weighted by molar-refractivity contribution is 6.47. The Morgan fingerprint density at radius 3 is 2.55 bits per heavy atom. The zero-order valence-corrected chi connectivity index (χ0v) is 18.9. The normalized spacial score (nSPS) is 18.1. The number of aliphatic hydroxyl groups excluding tert-OH is 1. The van der Waals surface area contributed by atoms with E-state index in [1.807, 2.05) is 50.2 Å². The molecule has 7 heteroatoms. The van der Waals surface area contributed by atoms with Gasteiger partial charge in [0, 0.05) is 12.1 Å². The molecule has 0 spiro atoms. The minimum absolute atomic E-state index is 0.0410. The fraction of sp³-hybridized carbons (Fsp3) is 0.333. The molecule has 0 aliphatic carbocycles. The highest BCUT2D eigenvalue weighted by Gasteiger charge is 2.46. The van der Waals surface area contributed by atoms with E-state index in [0.29, 0.717) is 18.7 Å². The second-order valence-electron chi connectivity index (χ2n) is 7.85. The van der Waals surface area contributed by atoms with Crippen LogP contribution in [0.3, 0.4) is 0 Å². The fourth-order valence-electron chi connectivity index (χ4n) is 3.84. The summed E-state index contributed by atoms with van der Waals surface area (Å²) in [6.07, 6.45) is 0.697. The van der Waals surface area contributed by atoms with Crippen molar-refractivity contribution < 1.29 is 19.4 Å². The smallest absolute Gasteiger partial charge is 0.295 e. The van der Waals surface area contributed by atoms with Crippen molar-refractivity contribution in [3.63, 3.8) is 0 Å². The molecule has 2 aromatic carbocycles. The molecular formula is C24H27ClN2O4. The average Bonchev–Trinajstić information content (AvgIpc) is 2.98. The van der Waals surface area contributed by atoms with Gasteiger partial charge in [-0.3, -0.25) is 9.59 Å². The first-order valence-electron chi connectivity index (χ1n) is 10.1. The lowest BCUT2D eigenvalue weighted by molar-refractivity contribution is -0.139. The fourth-order valence-corrected chi connectivity index (χ4v) is 4.05. The van der Waals surface area contributed by atoms with E-state index in [-0.39, 0.29) is 21.9 Å². The molecule has 164 valence electrons. The van der Waals surface area contributed by atoms with Crippen LogP contribution < -0.4 is 4.74 Å². The van der Waals surface area contributed by atoms with Gasteiger partial charge in [0.15, 0.2) is 0 Å². The number of ketones is 1. The molecule has 1 aliphatic heterocycles. The largest absolute Gasteiger partial charge is 0.507 e. The summed E-state index contributed by atoms with van der Waals surface area (Å²) in [5.74, 6) is -1.15. The number of halogens is 1. The van der Waals surface area contributed by atoms with E-state index in [1.165, 1.54) is 7.11 Å². The lowest BCUT2D eigenvalue weighted by Gasteiger charge is -2.27. The van der Waals surface area contributed by atoms with E-state index in [1.54, 1.807) is 23.1 Å². The summed E-state index contributed by atoms with van der Waals surface area (Å²) in [4.78, 5) is 29.7. The third-order valence-electron chi connectivity index (χ3n) is 5.46. The Bertz CT molecular complexity index is 1030. The number of rotatable bonds is 7. The third-order valence-corrected chi connectivity index (χ3v) is 5.79. The van der Waals surface area contributed by atoms with Crippen molar-refractivity contribution in [2.75, 3.05) is 34.3 Å². The van der Waals surface area contributed by atoms with Crippen molar-refractivity contribution in [1.82, 2.24) is 9.80 Å². The van der Waals surface area contributed by atoms with Crippen LogP contribution in [0.1, 0.15) is 29.2 Å². The number of methoxy groups -OCH3 is 1. The number of carbonyl (C=O) groups is 2. The van der Waals surface area contributed by atoms with Crippen LogP contribution in [0.4, 0.5) is 0 Å². The van der Waals surface area contributed by atoms with E-state index in [9.17, 15) is 14.7 Å². The summed E-state index contributed by atoms with van der Waals surface area (Å²) < 4.78 is 5.24. The second kappa shape index (κ2) is 9.54. The van der Waals surface area contributed by atoms with Crippen LogP contribution in [0.5, 0.6) is 5.75 Å². The molecule has 1 saturated heterocycles. The number of aryl methyl sites for hydroxylation is 1. The van der Waals surface area contributed by atoms with E-state index >= 15 is 0 Å². The van der Waals surface area contributed by atoms with Gasteiger partial charge >= 0.3 is 0 Å². The molecule has 1 amide bonds. The van der Waals surface area contributed by atoms with Gasteiger partial charge in [-0.2, -0.15) is 0 Å². The van der Waals surface area contributed by atoms with Gasteiger partial charge in [-0.15, -0.1) is 0 Å². The average molecular weight is 443 g/mol. The van der Waals surface area contributed by atoms with Crippen LogP contribution in [0.25, 0.3) is 5.76 Å². The standard InChI is InChI=1S/C24H27ClN2O4/c1-15-8-5-6-9-17(15)21-20(22(28)18-14-16(31-4)10-11-19(18)25)23(29)24(30)27(21)13-7-12-26(2)3/h5-6,8-11,14,21,28H,7,12-13H2,1-4H3/b22-20+. The van der Waals surface area contributed by atoms with Crippen molar-refractivity contribution in [1.29, 1.82) is 0 Å². The Balaban J connectivity index is 2.17. The van der Waals surface area contributed by atoms with Gasteiger partial charge < -0.3 is 19.6 Å². The number of amides is 1. The summed E-state index contributed by atoms with van der Waals surface area (Å²) in [5, 5.41) is 11.5. The molecular weight excluding hydrogens is 416 g/mol. The van der Waals surface area contributed by atoms with Crippen molar-refractivity contribution in [3.8, 4) is 5.75 Å². The van der Waals surface area contributed by atoms with Crippen LogP contribution in [0, 0.1) is 6.92 Å². The van der Waals surface area contributed by atoms with Crippen LogP contribution in [-0.4, -0.2) is 60.9 Å². The molecule has 1 atom stereocenters. The summed E-state index contributed by atoms with van der Waals surface area (Å²) in [7, 11) is 5.42. The second-order valence-corrected chi connectivity index (χ2v) is 8.26. The molecule has 1 N–H and O–H groups in total. The molecule has 2 aromatic rings. The molecule has 1 fully saturated rings.